The molecule has 1 rings (SSSR count). The molecule has 0 heterocycles. The minimum absolute atomic E-state index is 0.296. The summed E-state index contributed by atoms with van der Waals surface area (Å²) < 4.78 is 41.1. The van der Waals surface area contributed by atoms with Gasteiger partial charge in [-0.05, 0) is 12.5 Å². The van der Waals surface area contributed by atoms with Gasteiger partial charge in [0.1, 0.15) is 12.7 Å². The third kappa shape index (κ3) is 4.02. The molecule has 0 spiro atoms. The van der Waals surface area contributed by atoms with Crippen molar-refractivity contribution in [2.24, 2.45) is 0 Å². The van der Waals surface area contributed by atoms with Crippen molar-refractivity contribution in [3.05, 3.63) is 46.7 Å². The Bertz CT molecular complexity index is 568. The summed E-state index contributed by atoms with van der Waals surface area (Å²) >= 11 is 0. The van der Waals surface area contributed by atoms with Crippen molar-refractivity contribution in [3.63, 3.8) is 0 Å². The number of hydrogen-bond donors (Lipinski definition) is 1. The third-order valence-corrected chi connectivity index (χ3v) is 2.31. The number of carbonyl (C=O) groups excluding carboxylic acids is 1. The van der Waals surface area contributed by atoms with Gasteiger partial charge < -0.3 is 9.84 Å². The fraction of sp³-hybridized carbons (Fsp3) is 0.231. The maximum absolute atomic E-state index is 12.2. The first-order valence-corrected chi connectivity index (χ1v) is 5.39. The molecule has 0 unspecified atom stereocenters. The Kier molecular flexibility index (Phi) is 4.75. The molecular formula is C13H10F3NO3. The molecule has 20 heavy (non-hydrogen) atoms. The molecule has 106 valence electrons. The van der Waals surface area contributed by atoms with Gasteiger partial charge in [-0.3, -0.25) is 0 Å². The molecule has 0 radical (unpaired) electrons. The van der Waals surface area contributed by atoms with E-state index in [1.807, 2.05) is 6.92 Å². The molecule has 7 heteroatoms. The van der Waals surface area contributed by atoms with Crippen molar-refractivity contribution in [2.75, 3.05) is 0 Å². The number of aliphatic hydroxyl groups excluding tert-OH is 1. The molecule has 0 aromatic heterocycles. The molecule has 0 saturated carbocycles. The number of aliphatic hydroxyl groups is 1. The summed E-state index contributed by atoms with van der Waals surface area (Å²) in [6.07, 6.45) is -5.17. The molecular weight excluding hydrogens is 275 g/mol. The van der Waals surface area contributed by atoms with Crippen LogP contribution in [0.5, 0.6) is 0 Å². The second-order valence-electron chi connectivity index (χ2n) is 3.89. The van der Waals surface area contributed by atoms with Crippen LogP contribution in [0.3, 0.4) is 0 Å². The fourth-order valence-electron chi connectivity index (χ4n) is 1.24. The van der Waals surface area contributed by atoms with Crippen molar-refractivity contribution in [1.82, 2.24) is 0 Å². The highest BCUT2D eigenvalue weighted by molar-refractivity contribution is 5.93. The van der Waals surface area contributed by atoms with Crippen molar-refractivity contribution in [3.8, 4) is 6.07 Å². The van der Waals surface area contributed by atoms with E-state index in [0.717, 1.165) is 11.6 Å². The number of hydrogen-bond acceptors (Lipinski definition) is 4. The summed E-state index contributed by atoms with van der Waals surface area (Å²) in [5.74, 6) is -3.78. The molecule has 0 bridgehead atoms. The van der Waals surface area contributed by atoms with Crippen LogP contribution >= 0.6 is 0 Å². The van der Waals surface area contributed by atoms with E-state index in [0.29, 0.717) is 5.56 Å². The van der Waals surface area contributed by atoms with Crippen LogP contribution in [0.4, 0.5) is 13.2 Å². The summed E-state index contributed by atoms with van der Waals surface area (Å²) in [4.78, 5) is 11.3. The van der Waals surface area contributed by atoms with Crippen LogP contribution < -0.4 is 0 Å². The maximum atomic E-state index is 12.2. The summed E-state index contributed by atoms with van der Waals surface area (Å²) in [6.45, 7) is 1.54. The highest BCUT2D eigenvalue weighted by Gasteiger charge is 2.39. The Morgan fingerprint density at radius 3 is 2.35 bits per heavy atom. The standard InChI is InChI=1S/C13H10F3NO3/c1-8-2-4-9(5-3-8)7-20-12(19)10(6-17)11(18)13(14,15)16/h2-5,18H,7H2,1H3/b11-10-. The number of aryl methyl sites for hydroxylation is 1. The van der Waals surface area contributed by atoms with Crippen LogP contribution in [-0.4, -0.2) is 17.3 Å². The van der Waals surface area contributed by atoms with E-state index >= 15 is 0 Å². The zero-order chi connectivity index (χ0) is 15.3. The number of rotatable bonds is 3. The van der Waals surface area contributed by atoms with E-state index < -0.39 is 23.5 Å². The predicted molar refractivity (Wildman–Crippen MR) is 62.3 cm³/mol. The molecule has 0 amide bonds. The lowest BCUT2D eigenvalue weighted by Crippen LogP contribution is -2.18. The number of esters is 1. The highest BCUT2D eigenvalue weighted by atomic mass is 19.4. The molecule has 0 fully saturated rings. The van der Waals surface area contributed by atoms with Crippen LogP contribution in [0.2, 0.25) is 0 Å². The predicted octanol–water partition coefficient (Wildman–Crippen LogP) is 2.94. The number of ether oxygens (including phenoxy) is 1. The minimum atomic E-state index is -5.17. The lowest BCUT2D eigenvalue weighted by molar-refractivity contribution is -0.143. The van der Waals surface area contributed by atoms with Gasteiger partial charge in [0.2, 0.25) is 5.76 Å². The first-order chi connectivity index (χ1) is 9.25. The minimum Gasteiger partial charge on any atom is -0.503 e. The summed E-state index contributed by atoms with van der Waals surface area (Å²) in [6, 6.07) is 7.71. The second kappa shape index (κ2) is 6.10. The topological polar surface area (TPSA) is 70.3 Å². The van der Waals surface area contributed by atoms with E-state index in [4.69, 9.17) is 10.4 Å². The van der Waals surface area contributed by atoms with Gasteiger partial charge in [0.25, 0.3) is 0 Å². The molecule has 0 aliphatic rings. The monoisotopic (exact) mass is 285 g/mol. The highest BCUT2D eigenvalue weighted by Crippen LogP contribution is 2.26. The number of nitriles is 1. The third-order valence-electron chi connectivity index (χ3n) is 2.31. The van der Waals surface area contributed by atoms with Crippen molar-refractivity contribution in [1.29, 1.82) is 5.26 Å². The summed E-state index contributed by atoms with van der Waals surface area (Å²) in [7, 11) is 0. The van der Waals surface area contributed by atoms with Crippen LogP contribution in [0.1, 0.15) is 11.1 Å². The molecule has 0 aliphatic carbocycles. The average Bonchev–Trinajstić information content (AvgIpc) is 2.37. The lowest BCUT2D eigenvalue weighted by Gasteiger charge is -2.08. The van der Waals surface area contributed by atoms with Gasteiger partial charge in [0.15, 0.2) is 5.57 Å². The number of nitrogens with zero attached hydrogens (tertiary/aromatic N) is 1. The number of benzene rings is 1. The molecule has 0 saturated heterocycles. The van der Waals surface area contributed by atoms with Gasteiger partial charge in [-0.25, -0.2) is 4.79 Å². The van der Waals surface area contributed by atoms with Gasteiger partial charge >= 0.3 is 12.1 Å². The Labute approximate surface area is 112 Å². The second-order valence-corrected chi connectivity index (χ2v) is 3.89. The zero-order valence-electron chi connectivity index (χ0n) is 10.4. The Morgan fingerprint density at radius 1 is 1.35 bits per heavy atom. The largest absolute Gasteiger partial charge is 0.503 e. The zero-order valence-corrected chi connectivity index (χ0v) is 10.4. The SMILES string of the molecule is Cc1ccc(COC(=O)/C(C#N)=C(\O)C(F)(F)F)cc1. The summed E-state index contributed by atoms with van der Waals surface area (Å²) in [5.41, 5.74) is 0.0461. The number of halogens is 3. The van der Waals surface area contributed by atoms with Crippen LogP contribution in [-0.2, 0) is 16.1 Å². The Balaban J connectivity index is 2.80. The van der Waals surface area contributed by atoms with Crippen molar-refractivity contribution >= 4 is 5.97 Å². The molecule has 0 atom stereocenters. The van der Waals surface area contributed by atoms with Crippen molar-refractivity contribution < 1.29 is 27.8 Å². The van der Waals surface area contributed by atoms with E-state index in [2.05, 4.69) is 4.74 Å². The number of allylic oxidation sites excluding steroid dienone is 1. The Hall–Kier alpha value is -2.49. The number of carbonyl (C=O) groups is 1. The van der Waals surface area contributed by atoms with Gasteiger partial charge in [0, 0.05) is 0 Å². The van der Waals surface area contributed by atoms with Crippen LogP contribution in [0.25, 0.3) is 0 Å². The van der Waals surface area contributed by atoms with E-state index in [9.17, 15) is 18.0 Å². The molecule has 1 aromatic carbocycles. The van der Waals surface area contributed by atoms with Crippen LogP contribution in [0, 0.1) is 18.3 Å². The molecule has 1 N–H and O–H groups in total. The molecule has 0 aliphatic heterocycles. The Morgan fingerprint density at radius 2 is 1.90 bits per heavy atom. The number of alkyl halides is 3. The lowest BCUT2D eigenvalue weighted by atomic mass is 10.2. The van der Waals surface area contributed by atoms with Gasteiger partial charge in [-0.2, -0.15) is 18.4 Å². The van der Waals surface area contributed by atoms with E-state index in [1.165, 1.54) is 0 Å². The van der Waals surface area contributed by atoms with Gasteiger partial charge in [-0.15, -0.1) is 0 Å². The normalized spacial score (nSPS) is 12.3. The van der Waals surface area contributed by atoms with Gasteiger partial charge in [-0.1, -0.05) is 29.8 Å². The molecule has 1 aromatic rings. The smallest absolute Gasteiger partial charge is 0.450 e. The fourth-order valence-corrected chi connectivity index (χ4v) is 1.24. The molecule has 4 nitrogen and oxygen atoms in total. The quantitative estimate of drug-likeness (QED) is 0.401. The van der Waals surface area contributed by atoms with E-state index in [1.54, 1.807) is 24.3 Å². The first kappa shape index (κ1) is 15.6. The average molecular weight is 285 g/mol. The first-order valence-electron chi connectivity index (χ1n) is 5.39. The van der Waals surface area contributed by atoms with Crippen molar-refractivity contribution in [2.45, 2.75) is 19.7 Å². The van der Waals surface area contributed by atoms with Gasteiger partial charge in [0.05, 0.1) is 0 Å². The maximum Gasteiger partial charge on any atom is 0.450 e. The summed E-state index contributed by atoms with van der Waals surface area (Å²) in [5, 5.41) is 17.3. The van der Waals surface area contributed by atoms with Crippen LogP contribution in [0.15, 0.2) is 35.6 Å². The van der Waals surface area contributed by atoms with E-state index in [-0.39, 0.29) is 6.61 Å².